The van der Waals surface area contributed by atoms with Crippen LogP contribution in [-0.2, 0) is 16.0 Å². The van der Waals surface area contributed by atoms with Gasteiger partial charge in [-0.3, -0.25) is 9.59 Å². The predicted octanol–water partition coefficient (Wildman–Crippen LogP) is 1.84. The lowest BCUT2D eigenvalue weighted by atomic mass is 10.2. The quantitative estimate of drug-likeness (QED) is 0.801. The maximum absolute atomic E-state index is 11.9. The second kappa shape index (κ2) is 7.25. The summed E-state index contributed by atoms with van der Waals surface area (Å²) in [7, 11) is 1.43. The molecule has 1 rings (SSSR count). The Bertz CT molecular complexity index is 455. The summed E-state index contributed by atoms with van der Waals surface area (Å²) in [5, 5.41) is 11.4. The van der Waals surface area contributed by atoms with Crippen molar-refractivity contribution < 1.29 is 19.4 Å². The smallest absolute Gasteiger partial charge is 0.306 e. The molecule has 1 atom stereocenters. The van der Waals surface area contributed by atoms with E-state index in [0.29, 0.717) is 4.88 Å². The van der Waals surface area contributed by atoms with Gasteiger partial charge in [0, 0.05) is 18.5 Å². The highest BCUT2D eigenvalue weighted by atomic mass is 32.1. The number of carboxylic acids is 1. The normalized spacial score (nSPS) is 12.2. The molecule has 1 aromatic heterocycles. The van der Waals surface area contributed by atoms with E-state index in [0.717, 1.165) is 12.0 Å². The van der Waals surface area contributed by atoms with Crippen molar-refractivity contribution >= 4 is 23.2 Å². The zero-order valence-corrected chi connectivity index (χ0v) is 12.2. The van der Waals surface area contributed by atoms with Crippen molar-refractivity contribution in [1.82, 2.24) is 5.32 Å². The minimum Gasteiger partial charge on any atom is -0.481 e. The molecule has 1 unspecified atom stereocenters. The third-order valence-corrected chi connectivity index (χ3v) is 4.17. The number of hydrogen-bond acceptors (Lipinski definition) is 4. The van der Waals surface area contributed by atoms with Crippen molar-refractivity contribution in [1.29, 1.82) is 0 Å². The van der Waals surface area contributed by atoms with E-state index in [-0.39, 0.29) is 18.9 Å². The molecule has 106 valence electrons. The number of carbonyl (C=O) groups excluding carboxylic acids is 1. The second-order valence-corrected chi connectivity index (χ2v) is 5.37. The van der Waals surface area contributed by atoms with Crippen molar-refractivity contribution in [2.45, 2.75) is 32.8 Å². The molecule has 0 saturated carbocycles. The lowest BCUT2D eigenvalue weighted by Crippen LogP contribution is -2.34. The monoisotopic (exact) mass is 285 g/mol. The van der Waals surface area contributed by atoms with Gasteiger partial charge in [-0.2, -0.15) is 0 Å². The van der Waals surface area contributed by atoms with Gasteiger partial charge in [-0.1, -0.05) is 6.92 Å². The fourth-order valence-electron chi connectivity index (χ4n) is 1.71. The van der Waals surface area contributed by atoms with E-state index in [9.17, 15) is 9.59 Å². The Balaban J connectivity index is 2.56. The Morgan fingerprint density at radius 2 is 2.21 bits per heavy atom. The molecule has 0 aliphatic carbocycles. The van der Waals surface area contributed by atoms with Crippen LogP contribution in [-0.4, -0.2) is 36.7 Å². The highest BCUT2D eigenvalue weighted by molar-refractivity contribution is 7.14. The van der Waals surface area contributed by atoms with Crippen LogP contribution in [0.2, 0.25) is 0 Å². The number of carbonyl (C=O) groups is 2. The van der Waals surface area contributed by atoms with Gasteiger partial charge < -0.3 is 15.2 Å². The van der Waals surface area contributed by atoms with E-state index in [1.165, 1.54) is 23.3 Å². The Morgan fingerprint density at radius 3 is 2.68 bits per heavy atom. The van der Waals surface area contributed by atoms with E-state index >= 15 is 0 Å². The molecule has 0 aromatic carbocycles. The zero-order chi connectivity index (χ0) is 14.4. The van der Waals surface area contributed by atoms with Gasteiger partial charge in [-0.05, 0) is 25.0 Å². The van der Waals surface area contributed by atoms with E-state index in [4.69, 9.17) is 9.84 Å². The fourth-order valence-corrected chi connectivity index (χ4v) is 2.74. The van der Waals surface area contributed by atoms with Gasteiger partial charge >= 0.3 is 5.97 Å². The van der Waals surface area contributed by atoms with Gasteiger partial charge in [0.25, 0.3) is 5.91 Å². The average Bonchev–Trinajstić information content (AvgIpc) is 2.75. The van der Waals surface area contributed by atoms with Gasteiger partial charge in [0.15, 0.2) is 0 Å². The number of rotatable bonds is 7. The largest absolute Gasteiger partial charge is 0.481 e. The maximum atomic E-state index is 11.9. The van der Waals surface area contributed by atoms with Crippen molar-refractivity contribution in [2.75, 3.05) is 13.7 Å². The molecule has 1 heterocycles. The highest BCUT2D eigenvalue weighted by Crippen LogP contribution is 2.22. The number of hydrogen-bond donors (Lipinski definition) is 2. The van der Waals surface area contributed by atoms with Crippen molar-refractivity contribution in [3.05, 3.63) is 21.4 Å². The molecule has 6 heteroatoms. The molecule has 2 N–H and O–H groups in total. The molecule has 19 heavy (non-hydrogen) atoms. The summed E-state index contributed by atoms with van der Waals surface area (Å²) in [6.45, 7) is 4.23. The molecule has 0 bridgehead atoms. The minimum absolute atomic E-state index is 0.125. The van der Waals surface area contributed by atoms with Crippen LogP contribution in [0.4, 0.5) is 0 Å². The Hall–Kier alpha value is -1.40. The number of nitrogens with one attached hydrogen (secondary N) is 1. The average molecular weight is 285 g/mol. The first-order valence-corrected chi connectivity index (χ1v) is 6.91. The van der Waals surface area contributed by atoms with Crippen LogP contribution < -0.4 is 5.32 Å². The second-order valence-electron chi connectivity index (χ2n) is 4.24. The first-order chi connectivity index (χ1) is 8.97. The molecule has 1 amide bonds. The van der Waals surface area contributed by atoms with E-state index in [1.807, 2.05) is 19.9 Å². The highest BCUT2D eigenvalue weighted by Gasteiger charge is 2.16. The molecular formula is C13H19NO4S. The van der Waals surface area contributed by atoms with E-state index < -0.39 is 12.1 Å². The standard InChI is InChI=1S/C13H19NO4S/c1-4-10-8(2)5-11(19-10)13(17)14-7-9(18-3)6-12(15)16/h5,9H,4,6-7H2,1-3H3,(H,14,17)(H,15,16). The summed E-state index contributed by atoms with van der Waals surface area (Å²) in [6, 6.07) is 1.86. The van der Waals surface area contributed by atoms with Crippen LogP contribution in [0.3, 0.4) is 0 Å². The lowest BCUT2D eigenvalue weighted by molar-refractivity contribution is -0.139. The third-order valence-electron chi connectivity index (χ3n) is 2.79. The third kappa shape index (κ3) is 4.65. The van der Waals surface area contributed by atoms with Crippen LogP contribution in [0.1, 0.15) is 33.5 Å². The van der Waals surface area contributed by atoms with Gasteiger partial charge in [0.05, 0.1) is 17.4 Å². The van der Waals surface area contributed by atoms with Crippen LogP contribution in [0.25, 0.3) is 0 Å². The van der Waals surface area contributed by atoms with E-state index in [2.05, 4.69) is 5.32 Å². The summed E-state index contributed by atoms with van der Waals surface area (Å²) >= 11 is 1.47. The van der Waals surface area contributed by atoms with E-state index in [1.54, 1.807) is 0 Å². The van der Waals surface area contributed by atoms with Gasteiger partial charge in [0.2, 0.25) is 0 Å². The number of ether oxygens (including phenoxy) is 1. The lowest BCUT2D eigenvalue weighted by Gasteiger charge is -2.13. The molecule has 0 radical (unpaired) electrons. The number of carboxylic acid groups (broad SMARTS) is 1. The minimum atomic E-state index is -0.943. The van der Waals surface area contributed by atoms with Crippen molar-refractivity contribution in [3.63, 3.8) is 0 Å². The topological polar surface area (TPSA) is 75.6 Å². The summed E-state index contributed by atoms with van der Waals surface area (Å²) in [4.78, 5) is 24.4. The Kier molecular flexibility index (Phi) is 5.98. The molecule has 0 aliphatic rings. The number of amides is 1. The van der Waals surface area contributed by atoms with Crippen LogP contribution in [0.5, 0.6) is 0 Å². The number of thiophene rings is 1. The maximum Gasteiger partial charge on any atom is 0.306 e. The summed E-state index contributed by atoms with van der Waals surface area (Å²) in [5.41, 5.74) is 1.12. The number of aliphatic carboxylic acids is 1. The summed E-state index contributed by atoms with van der Waals surface area (Å²) in [5.74, 6) is -1.12. The van der Waals surface area contributed by atoms with Gasteiger partial charge in [0.1, 0.15) is 0 Å². The predicted molar refractivity (Wildman–Crippen MR) is 73.8 cm³/mol. The molecular weight excluding hydrogens is 266 g/mol. The summed E-state index contributed by atoms with van der Waals surface area (Å²) in [6.07, 6.45) is 0.275. The number of methoxy groups -OCH3 is 1. The number of aryl methyl sites for hydroxylation is 2. The van der Waals surface area contributed by atoms with Crippen LogP contribution in [0.15, 0.2) is 6.07 Å². The Labute approximate surface area is 116 Å². The summed E-state index contributed by atoms with van der Waals surface area (Å²) < 4.78 is 5.01. The fraction of sp³-hybridized carbons (Fsp3) is 0.538. The molecule has 0 saturated heterocycles. The zero-order valence-electron chi connectivity index (χ0n) is 11.4. The molecule has 0 spiro atoms. The first-order valence-electron chi connectivity index (χ1n) is 6.10. The van der Waals surface area contributed by atoms with Crippen molar-refractivity contribution in [2.24, 2.45) is 0 Å². The molecule has 0 aliphatic heterocycles. The van der Waals surface area contributed by atoms with Gasteiger partial charge in [-0.15, -0.1) is 11.3 Å². The first kappa shape index (κ1) is 15.7. The Morgan fingerprint density at radius 1 is 1.53 bits per heavy atom. The van der Waals surface area contributed by atoms with Gasteiger partial charge in [-0.25, -0.2) is 0 Å². The molecule has 5 nitrogen and oxygen atoms in total. The molecule has 1 aromatic rings. The van der Waals surface area contributed by atoms with Crippen LogP contribution in [0, 0.1) is 6.92 Å². The molecule has 0 fully saturated rings. The van der Waals surface area contributed by atoms with Crippen molar-refractivity contribution in [3.8, 4) is 0 Å². The SMILES string of the molecule is CCc1sc(C(=O)NCC(CC(=O)O)OC)cc1C. The van der Waals surface area contributed by atoms with Crippen LogP contribution >= 0.6 is 11.3 Å².